The van der Waals surface area contributed by atoms with E-state index in [-0.39, 0.29) is 6.42 Å². The molecule has 0 atom stereocenters. The average Bonchev–Trinajstić information content (AvgIpc) is 1.59. The highest BCUT2D eigenvalue weighted by atomic mass is 32.2. The van der Waals surface area contributed by atoms with Crippen molar-refractivity contribution in [1.29, 1.82) is 0 Å². The van der Waals surface area contributed by atoms with E-state index in [1.807, 2.05) is 0 Å². The molecule has 0 spiro atoms. The predicted octanol–water partition coefficient (Wildman–Crippen LogP) is -0.200. The van der Waals surface area contributed by atoms with Crippen LogP contribution in [0.4, 0.5) is 0 Å². The molecular weight excluding hydrogens is 154 g/mol. The van der Waals surface area contributed by atoms with E-state index >= 15 is 0 Å². The topological polar surface area (TPSA) is 63.2 Å². The van der Waals surface area contributed by atoms with Crippen LogP contribution in [-0.4, -0.2) is 14.3 Å². The van der Waals surface area contributed by atoms with Crippen LogP contribution >= 0.6 is 0 Å². The lowest BCUT2D eigenvalue weighted by atomic mass is 10.4. The second kappa shape index (κ2) is 3.36. The van der Waals surface area contributed by atoms with Gasteiger partial charge in [-0.05, 0) is 0 Å². The zero-order valence-corrected chi connectivity index (χ0v) is 6.15. The Balaban J connectivity index is 3.93. The zero-order chi connectivity index (χ0) is 8.20. The van der Waals surface area contributed by atoms with E-state index in [9.17, 15) is 13.2 Å². The Labute approximate surface area is 60.0 Å². The summed E-state index contributed by atoms with van der Waals surface area (Å²) in [7, 11) is -3.64. The summed E-state index contributed by atoms with van der Waals surface area (Å²) in [5.41, 5.74) is 0. The van der Waals surface area contributed by atoms with Gasteiger partial charge in [-0.15, -0.1) is 6.58 Å². The van der Waals surface area contributed by atoms with Gasteiger partial charge in [0, 0.05) is 6.42 Å². The smallest absolute Gasteiger partial charge is 0.237 e. The summed E-state index contributed by atoms with van der Waals surface area (Å²) in [6.45, 7) is 3.25. The molecule has 57 valence electrons. The number of amides is 1. The molecule has 0 aromatic carbocycles. The third kappa shape index (κ3) is 5.30. The summed E-state index contributed by atoms with van der Waals surface area (Å²) in [4.78, 5) is 10.5. The lowest BCUT2D eigenvalue weighted by molar-refractivity contribution is -0.118. The van der Waals surface area contributed by atoms with Crippen molar-refractivity contribution in [1.82, 2.24) is 4.72 Å². The number of nitrogens with one attached hydrogen (secondary N) is 1. The van der Waals surface area contributed by atoms with Gasteiger partial charge in [-0.1, -0.05) is 6.08 Å². The van der Waals surface area contributed by atoms with Crippen molar-refractivity contribution >= 4 is 15.9 Å². The molecule has 0 saturated carbocycles. The standard InChI is InChI=1S/C5H8NO3S/c1-3-4-5(7)6-10(2,8)9/h3H,1-2,4H2,(H,6,7). The zero-order valence-electron chi connectivity index (χ0n) is 5.33. The number of hydrogen-bond donors (Lipinski definition) is 1. The van der Waals surface area contributed by atoms with E-state index in [0.29, 0.717) is 0 Å². The highest BCUT2D eigenvalue weighted by molar-refractivity contribution is 7.91. The first-order valence-corrected chi connectivity index (χ1v) is 4.10. The quantitative estimate of drug-likeness (QED) is 0.584. The fourth-order valence-corrected chi connectivity index (χ4v) is 0.776. The molecule has 0 aliphatic heterocycles. The van der Waals surface area contributed by atoms with Crippen molar-refractivity contribution < 1.29 is 13.2 Å². The number of carbonyl (C=O) groups excluding carboxylic acids is 1. The van der Waals surface area contributed by atoms with Gasteiger partial charge in [0.25, 0.3) is 0 Å². The van der Waals surface area contributed by atoms with Crippen LogP contribution in [0, 0.1) is 6.26 Å². The first-order chi connectivity index (χ1) is 4.45. The maximum atomic E-state index is 10.5. The molecule has 10 heavy (non-hydrogen) atoms. The summed E-state index contributed by atoms with van der Waals surface area (Å²) in [6, 6.07) is 0. The molecule has 0 saturated heterocycles. The molecule has 0 heterocycles. The Morgan fingerprint density at radius 1 is 1.60 bits per heavy atom. The van der Waals surface area contributed by atoms with Crippen LogP contribution in [0.1, 0.15) is 6.42 Å². The minimum atomic E-state index is -3.64. The van der Waals surface area contributed by atoms with Crippen molar-refractivity contribution in [3.05, 3.63) is 18.9 Å². The fourth-order valence-electron chi connectivity index (χ4n) is 0.346. The molecule has 0 aliphatic rings. The summed E-state index contributed by atoms with van der Waals surface area (Å²) in [5, 5.41) is 0. The van der Waals surface area contributed by atoms with Crippen molar-refractivity contribution in [2.75, 3.05) is 0 Å². The molecule has 0 rings (SSSR count). The number of carbonyl (C=O) groups is 1. The minimum Gasteiger partial charge on any atom is -0.274 e. The summed E-state index contributed by atoms with van der Waals surface area (Å²) < 4.78 is 22.1. The number of sulfonamides is 1. The van der Waals surface area contributed by atoms with E-state index in [0.717, 1.165) is 0 Å². The summed E-state index contributed by atoms with van der Waals surface area (Å²) in [6.07, 6.45) is 3.99. The molecule has 0 fully saturated rings. The van der Waals surface area contributed by atoms with Gasteiger partial charge in [0.05, 0.1) is 6.26 Å². The van der Waals surface area contributed by atoms with Crippen LogP contribution in [0.15, 0.2) is 12.7 Å². The lowest BCUT2D eigenvalue weighted by Gasteiger charge is -1.96. The van der Waals surface area contributed by atoms with Crippen LogP contribution in [0.5, 0.6) is 0 Å². The SMILES string of the molecule is [CH2]S(=O)(=O)NC(=O)CC=C. The molecule has 0 bridgehead atoms. The van der Waals surface area contributed by atoms with Crippen molar-refractivity contribution in [3.63, 3.8) is 0 Å². The van der Waals surface area contributed by atoms with Crippen molar-refractivity contribution in [3.8, 4) is 0 Å². The van der Waals surface area contributed by atoms with Gasteiger partial charge in [0.1, 0.15) is 0 Å². The molecule has 0 aromatic heterocycles. The van der Waals surface area contributed by atoms with Gasteiger partial charge in [0.2, 0.25) is 15.9 Å². The van der Waals surface area contributed by atoms with Gasteiger partial charge in [-0.3, -0.25) is 9.52 Å². The van der Waals surface area contributed by atoms with Gasteiger partial charge >= 0.3 is 0 Å². The van der Waals surface area contributed by atoms with Gasteiger partial charge in [0.15, 0.2) is 0 Å². The Morgan fingerprint density at radius 2 is 2.10 bits per heavy atom. The van der Waals surface area contributed by atoms with Crippen LogP contribution in [0.3, 0.4) is 0 Å². The molecular formula is C5H8NO3S. The van der Waals surface area contributed by atoms with Crippen LogP contribution in [0.25, 0.3) is 0 Å². The Morgan fingerprint density at radius 3 is 2.40 bits per heavy atom. The fraction of sp³-hybridized carbons (Fsp3) is 0.200. The minimum absolute atomic E-state index is 0.0191. The molecule has 0 unspecified atom stereocenters. The summed E-state index contributed by atoms with van der Waals surface area (Å²) >= 11 is 0. The monoisotopic (exact) mass is 162 g/mol. The predicted molar refractivity (Wildman–Crippen MR) is 37.2 cm³/mol. The van der Waals surface area contributed by atoms with E-state index in [2.05, 4.69) is 12.8 Å². The van der Waals surface area contributed by atoms with E-state index in [1.165, 1.54) is 6.08 Å². The molecule has 5 heteroatoms. The highest BCUT2D eigenvalue weighted by Crippen LogP contribution is 1.83. The van der Waals surface area contributed by atoms with Gasteiger partial charge < -0.3 is 0 Å². The largest absolute Gasteiger partial charge is 0.274 e. The molecule has 0 aliphatic carbocycles. The number of rotatable bonds is 3. The molecule has 1 amide bonds. The summed E-state index contributed by atoms with van der Waals surface area (Å²) in [5.74, 6) is -0.620. The first-order valence-electron chi connectivity index (χ1n) is 2.45. The first kappa shape index (κ1) is 9.16. The van der Waals surface area contributed by atoms with E-state index < -0.39 is 15.9 Å². The van der Waals surface area contributed by atoms with Crippen LogP contribution < -0.4 is 4.72 Å². The Hall–Kier alpha value is -0.840. The average molecular weight is 162 g/mol. The number of hydrogen-bond acceptors (Lipinski definition) is 3. The molecule has 1 N–H and O–H groups in total. The third-order valence-electron chi connectivity index (χ3n) is 0.599. The van der Waals surface area contributed by atoms with Crippen LogP contribution in [-0.2, 0) is 14.8 Å². The Kier molecular flexibility index (Phi) is 3.08. The molecule has 4 nitrogen and oxygen atoms in total. The van der Waals surface area contributed by atoms with Gasteiger partial charge in [-0.25, -0.2) is 8.42 Å². The second-order valence-electron chi connectivity index (χ2n) is 1.63. The van der Waals surface area contributed by atoms with Crippen molar-refractivity contribution in [2.24, 2.45) is 0 Å². The molecule has 0 aromatic rings. The molecule has 1 radical (unpaired) electrons. The Bertz CT molecular complexity index is 229. The third-order valence-corrected chi connectivity index (χ3v) is 1.14. The van der Waals surface area contributed by atoms with Crippen molar-refractivity contribution in [2.45, 2.75) is 6.42 Å². The van der Waals surface area contributed by atoms with Crippen LogP contribution in [0.2, 0.25) is 0 Å². The normalized spacial score (nSPS) is 10.5. The highest BCUT2D eigenvalue weighted by Gasteiger charge is 2.04. The maximum Gasteiger partial charge on any atom is 0.237 e. The lowest BCUT2D eigenvalue weighted by Crippen LogP contribution is -2.27. The second-order valence-corrected chi connectivity index (χ2v) is 3.07. The van der Waals surface area contributed by atoms with E-state index in [1.54, 1.807) is 4.72 Å². The van der Waals surface area contributed by atoms with E-state index in [4.69, 9.17) is 0 Å². The van der Waals surface area contributed by atoms with Gasteiger partial charge in [-0.2, -0.15) is 0 Å². The maximum absolute atomic E-state index is 10.5.